The molecule has 0 saturated heterocycles. The lowest BCUT2D eigenvalue weighted by Gasteiger charge is -2.14. The maximum Gasteiger partial charge on any atom is 0.262 e. The predicted octanol–water partition coefficient (Wildman–Crippen LogP) is 4.54. The van der Waals surface area contributed by atoms with Crippen molar-refractivity contribution in [3.8, 4) is 5.75 Å². The summed E-state index contributed by atoms with van der Waals surface area (Å²) in [6, 6.07) is 12.9. The number of anilines is 1. The van der Waals surface area contributed by atoms with Crippen LogP contribution in [0.5, 0.6) is 5.75 Å². The van der Waals surface area contributed by atoms with Gasteiger partial charge in [-0.15, -0.1) is 0 Å². The number of fused-ring (bicyclic) bond motifs is 2. The summed E-state index contributed by atoms with van der Waals surface area (Å²) >= 11 is 2.66. The molecule has 0 aliphatic rings. The standard InChI is InChI=1S/C22H22N4O3S2/c1-4-26-20(28)15-8-6-7-9-16(15)24-22(26)30-13(3)19(27)25-21-23-17-11-10-14(29-5-2)12-18(17)31-21/h6-13H,4-5H2,1-3H3,(H,23,25,27). The fourth-order valence-electron chi connectivity index (χ4n) is 3.15. The summed E-state index contributed by atoms with van der Waals surface area (Å²) < 4.78 is 8.07. The molecule has 4 aromatic rings. The zero-order valence-electron chi connectivity index (χ0n) is 17.4. The molecule has 0 bridgehead atoms. The molecular weight excluding hydrogens is 432 g/mol. The van der Waals surface area contributed by atoms with Crippen molar-refractivity contribution in [3.63, 3.8) is 0 Å². The van der Waals surface area contributed by atoms with E-state index in [9.17, 15) is 9.59 Å². The summed E-state index contributed by atoms with van der Waals surface area (Å²) in [5, 5.41) is 4.05. The lowest BCUT2D eigenvalue weighted by molar-refractivity contribution is -0.115. The molecule has 2 heterocycles. The number of para-hydroxylation sites is 1. The van der Waals surface area contributed by atoms with Gasteiger partial charge in [-0.2, -0.15) is 0 Å². The Hall–Kier alpha value is -2.91. The van der Waals surface area contributed by atoms with Crippen LogP contribution in [-0.2, 0) is 11.3 Å². The zero-order chi connectivity index (χ0) is 22.0. The van der Waals surface area contributed by atoms with Gasteiger partial charge in [0.1, 0.15) is 5.75 Å². The van der Waals surface area contributed by atoms with E-state index in [0.29, 0.717) is 34.3 Å². The van der Waals surface area contributed by atoms with Crippen LogP contribution in [0.3, 0.4) is 0 Å². The van der Waals surface area contributed by atoms with E-state index in [-0.39, 0.29) is 11.5 Å². The summed E-state index contributed by atoms with van der Waals surface area (Å²) in [5.74, 6) is 0.583. The van der Waals surface area contributed by atoms with Crippen molar-refractivity contribution in [1.82, 2.24) is 14.5 Å². The molecule has 0 radical (unpaired) electrons. The number of ether oxygens (including phenoxy) is 1. The first-order valence-corrected chi connectivity index (χ1v) is 11.7. The van der Waals surface area contributed by atoms with Gasteiger partial charge in [0.15, 0.2) is 10.3 Å². The highest BCUT2D eigenvalue weighted by molar-refractivity contribution is 8.00. The van der Waals surface area contributed by atoms with Gasteiger partial charge >= 0.3 is 0 Å². The Morgan fingerprint density at radius 3 is 2.77 bits per heavy atom. The van der Waals surface area contributed by atoms with Gasteiger partial charge < -0.3 is 10.1 Å². The number of carbonyl (C=O) groups is 1. The van der Waals surface area contributed by atoms with Crippen LogP contribution in [0.4, 0.5) is 5.13 Å². The van der Waals surface area contributed by atoms with Crippen LogP contribution in [0.25, 0.3) is 21.1 Å². The van der Waals surface area contributed by atoms with Crippen molar-refractivity contribution in [1.29, 1.82) is 0 Å². The Labute approximate surface area is 187 Å². The molecular formula is C22H22N4O3S2. The third-order valence-electron chi connectivity index (χ3n) is 4.70. The fraction of sp³-hybridized carbons (Fsp3) is 0.273. The third kappa shape index (κ3) is 4.42. The summed E-state index contributed by atoms with van der Waals surface area (Å²) in [7, 11) is 0. The molecule has 2 aromatic carbocycles. The average Bonchev–Trinajstić information content (AvgIpc) is 3.15. The third-order valence-corrected chi connectivity index (χ3v) is 6.72. The topological polar surface area (TPSA) is 86.1 Å². The van der Waals surface area contributed by atoms with E-state index < -0.39 is 5.25 Å². The SMILES string of the molecule is CCOc1ccc2nc(NC(=O)C(C)Sc3nc4ccccc4c(=O)n3CC)sc2c1. The number of thiazole rings is 1. The molecule has 1 unspecified atom stereocenters. The molecule has 1 atom stereocenters. The Bertz CT molecular complexity index is 1320. The van der Waals surface area contributed by atoms with Gasteiger partial charge in [-0.25, -0.2) is 9.97 Å². The summed E-state index contributed by atoms with van der Waals surface area (Å²) in [6.07, 6.45) is 0. The van der Waals surface area contributed by atoms with Crippen molar-refractivity contribution in [2.24, 2.45) is 0 Å². The lowest BCUT2D eigenvalue weighted by Crippen LogP contribution is -2.26. The molecule has 2 aromatic heterocycles. The van der Waals surface area contributed by atoms with Crippen molar-refractivity contribution < 1.29 is 9.53 Å². The number of thioether (sulfide) groups is 1. The number of nitrogens with zero attached hydrogens (tertiary/aromatic N) is 3. The van der Waals surface area contributed by atoms with Crippen LogP contribution in [0, 0.1) is 0 Å². The monoisotopic (exact) mass is 454 g/mol. The van der Waals surface area contributed by atoms with Crippen molar-refractivity contribution in [3.05, 3.63) is 52.8 Å². The molecule has 4 rings (SSSR count). The molecule has 9 heteroatoms. The van der Waals surface area contributed by atoms with E-state index in [0.717, 1.165) is 16.0 Å². The molecule has 7 nitrogen and oxygen atoms in total. The van der Waals surface area contributed by atoms with Crippen LogP contribution in [0.2, 0.25) is 0 Å². The zero-order valence-corrected chi connectivity index (χ0v) is 19.0. The fourth-order valence-corrected chi connectivity index (χ4v) is 5.02. The minimum atomic E-state index is -0.461. The normalized spacial score (nSPS) is 12.2. The molecule has 0 spiro atoms. The molecule has 0 fully saturated rings. The van der Waals surface area contributed by atoms with Gasteiger partial charge in [-0.05, 0) is 51.1 Å². The first-order valence-electron chi connectivity index (χ1n) is 10.0. The average molecular weight is 455 g/mol. The van der Waals surface area contributed by atoms with E-state index in [1.807, 2.05) is 50.2 Å². The van der Waals surface area contributed by atoms with E-state index in [1.165, 1.54) is 23.1 Å². The number of amides is 1. The van der Waals surface area contributed by atoms with E-state index >= 15 is 0 Å². The second kappa shape index (κ2) is 9.07. The lowest BCUT2D eigenvalue weighted by atomic mass is 10.2. The smallest absolute Gasteiger partial charge is 0.262 e. The Morgan fingerprint density at radius 2 is 2.00 bits per heavy atom. The molecule has 160 valence electrons. The van der Waals surface area contributed by atoms with Gasteiger partial charge in [-0.3, -0.25) is 14.2 Å². The molecule has 1 amide bonds. The number of carbonyl (C=O) groups excluding carboxylic acids is 1. The number of benzene rings is 2. The molecule has 0 aliphatic heterocycles. The summed E-state index contributed by atoms with van der Waals surface area (Å²) in [6.45, 7) is 6.69. The van der Waals surface area contributed by atoms with Crippen LogP contribution >= 0.6 is 23.1 Å². The van der Waals surface area contributed by atoms with Crippen LogP contribution in [-0.4, -0.2) is 32.3 Å². The van der Waals surface area contributed by atoms with Gasteiger partial charge in [0, 0.05) is 6.54 Å². The van der Waals surface area contributed by atoms with Gasteiger partial charge in [0.05, 0.1) is 33.0 Å². The maximum atomic E-state index is 12.8. The van der Waals surface area contributed by atoms with Crippen molar-refractivity contribution >= 4 is 55.3 Å². The molecule has 1 N–H and O–H groups in total. The highest BCUT2D eigenvalue weighted by Gasteiger charge is 2.20. The first kappa shape index (κ1) is 21.3. The van der Waals surface area contributed by atoms with Crippen LogP contribution in [0.15, 0.2) is 52.4 Å². The van der Waals surface area contributed by atoms with Crippen LogP contribution in [0.1, 0.15) is 20.8 Å². The second-order valence-corrected chi connectivity index (χ2v) is 9.13. The van der Waals surface area contributed by atoms with Gasteiger partial charge in [0.25, 0.3) is 5.56 Å². The molecule has 31 heavy (non-hydrogen) atoms. The Kier molecular flexibility index (Phi) is 6.24. The number of aromatic nitrogens is 3. The maximum absolute atomic E-state index is 12.8. The minimum Gasteiger partial charge on any atom is -0.494 e. The van der Waals surface area contributed by atoms with E-state index in [1.54, 1.807) is 17.6 Å². The molecule has 0 saturated carbocycles. The Balaban J connectivity index is 1.54. The number of nitrogens with one attached hydrogen (secondary N) is 1. The number of hydrogen-bond donors (Lipinski definition) is 1. The largest absolute Gasteiger partial charge is 0.494 e. The predicted molar refractivity (Wildman–Crippen MR) is 126 cm³/mol. The number of rotatable bonds is 7. The number of hydrogen-bond acceptors (Lipinski definition) is 7. The summed E-state index contributed by atoms with van der Waals surface area (Å²) in [5.41, 5.74) is 1.34. The highest BCUT2D eigenvalue weighted by Crippen LogP contribution is 2.30. The van der Waals surface area contributed by atoms with Crippen molar-refractivity contribution in [2.45, 2.75) is 37.7 Å². The quantitative estimate of drug-likeness (QED) is 0.326. The highest BCUT2D eigenvalue weighted by atomic mass is 32.2. The summed E-state index contributed by atoms with van der Waals surface area (Å²) in [4.78, 5) is 34.7. The van der Waals surface area contributed by atoms with Crippen LogP contribution < -0.4 is 15.6 Å². The first-order chi connectivity index (χ1) is 15.0. The molecule has 0 aliphatic carbocycles. The van der Waals surface area contributed by atoms with E-state index in [2.05, 4.69) is 15.3 Å². The van der Waals surface area contributed by atoms with Crippen molar-refractivity contribution in [2.75, 3.05) is 11.9 Å². The Morgan fingerprint density at radius 1 is 1.19 bits per heavy atom. The second-order valence-electron chi connectivity index (χ2n) is 6.79. The van der Waals surface area contributed by atoms with Gasteiger partial charge in [-0.1, -0.05) is 35.2 Å². The van der Waals surface area contributed by atoms with E-state index in [4.69, 9.17) is 4.74 Å². The minimum absolute atomic E-state index is 0.0977. The van der Waals surface area contributed by atoms with Gasteiger partial charge in [0.2, 0.25) is 5.91 Å².